The third kappa shape index (κ3) is 4.51. The lowest BCUT2D eigenvalue weighted by molar-refractivity contribution is 0.00497. The molecule has 1 N–H and O–H groups in total. The molecule has 0 atom stereocenters. The Labute approximate surface area is 176 Å². The van der Waals surface area contributed by atoms with Gasteiger partial charge in [-0.1, -0.05) is 0 Å². The van der Waals surface area contributed by atoms with Crippen molar-refractivity contribution in [2.45, 2.75) is 44.8 Å². The van der Waals surface area contributed by atoms with Crippen molar-refractivity contribution in [2.24, 2.45) is 0 Å². The number of hydrogen-bond donors (Lipinski definition) is 1. The van der Waals surface area contributed by atoms with Crippen LogP contribution in [0.15, 0.2) is 24.3 Å². The van der Waals surface area contributed by atoms with Crippen LogP contribution in [-0.4, -0.2) is 77.6 Å². The maximum absolute atomic E-state index is 13.2. The second-order valence-electron chi connectivity index (χ2n) is 8.84. The van der Waals surface area contributed by atoms with Crippen molar-refractivity contribution in [3.63, 3.8) is 0 Å². The van der Waals surface area contributed by atoms with Crippen molar-refractivity contribution in [1.82, 2.24) is 9.80 Å². The van der Waals surface area contributed by atoms with Crippen LogP contribution in [0.1, 0.15) is 44.0 Å². The van der Waals surface area contributed by atoms with E-state index in [-0.39, 0.29) is 24.4 Å². The summed E-state index contributed by atoms with van der Waals surface area (Å²) in [5.41, 5.74) is -0.452. The molecular weight excluding hydrogens is 390 g/mol. The SMILES string of the molecule is CN1COCC2(CCN(C(=O)OC(C)(C)C)CC2)N(c2ccc(C(=O)O)cc2)C1=O. The molecule has 30 heavy (non-hydrogen) atoms. The van der Waals surface area contributed by atoms with Crippen molar-refractivity contribution < 1.29 is 29.0 Å². The Bertz CT molecular complexity index is 809. The van der Waals surface area contributed by atoms with Crippen LogP contribution in [0.5, 0.6) is 0 Å². The highest BCUT2D eigenvalue weighted by Crippen LogP contribution is 2.36. The first kappa shape index (κ1) is 21.9. The van der Waals surface area contributed by atoms with E-state index in [1.807, 2.05) is 20.8 Å². The van der Waals surface area contributed by atoms with Gasteiger partial charge in [0.25, 0.3) is 0 Å². The molecule has 0 unspecified atom stereocenters. The van der Waals surface area contributed by atoms with Gasteiger partial charge in [0.15, 0.2) is 0 Å². The summed E-state index contributed by atoms with van der Waals surface area (Å²) in [7, 11) is 1.66. The molecule has 0 saturated carbocycles. The molecule has 0 radical (unpaired) electrons. The molecule has 1 aromatic carbocycles. The molecule has 0 aliphatic carbocycles. The van der Waals surface area contributed by atoms with E-state index in [9.17, 15) is 19.5 Å². The van der Waals surface area contributed by atoms with Crippen LogP contribution in [0.2, 0.25) is 0 Å². The van der Waals surface area contributed by atoms with Crippen molar-refractivity contribution >= 4 is 23.8 Å². The van der Waals surface area contributed by atoms with Crippen molar-refractivity contribution in [3.8, 4) is 0 Å². The van der Waals surface area contributed by atoms with Gasteiger partial charge in [0.2, 0.25) is 0 Å². The summed E-state index contributed by atoms with van der Waals surface area (Å²) in [5, 5.41) is 9.17. The van der Waals surface area contributed by atoms with Crippen molar-refractivity contribution in [1.29, 1.82) is 0 Å². The van der Waals surface area contributed by atoms with E-state index >= 15 is 0 Å². The number of carboxylic acids is 1. The average Bonchev–Trinajstić information content (AvgIpc) is 2.78. The van der Waals surface area contributed by atoms with Crippen molar-refractivity contribution in [3.05, 3.63) is 29.8 Å². The molecule has 1 aromatic rings. The summed E-state index contributed by atoms with van der Waals surface area (Å²) in [6.07, 6.45) is 0.673. The molecule has 3 rings (SSSR count). The smallest absolute Gasteiger partial charge is 0.410 e. The van der Waals surface area contributed by atoms with Crippen molar-refractivity contribution in [2.75, 3.05) is 38.4 Å². The molecule has 2 saturated heterocycles. The van der Waals surface area contributed by atoms with Gasteiger partial charge in [-0.2, -0.15) is 0 Å². The number of carboxylic acid groups (broad SMARTS) is 1. The van der Waals surface area contributed by atoms with Gasteiger partial charge in [-0.3, -0.25) is 4.90 Å². The van der Waals surface area contributed by atoms with Crippen LogP contribution in [0.3, 0.4) is 0 Å². The number of anilines is 1. The largest absolute Gasteiger partial charge is 0.478 e. The zero-order valence-electron chi connectivity index (χ0n) is 17.9. The minimum Gasteiger partial charge on any atom is -0.478 e. The predicted octanol–water partition coefficient (Wildman–Crippen LogP) is 3.00. The fraction of sp³-hybridized carbons (Fsp3) is 0.571. The van der Waals surface area contributed by atoms with Gasteiger partial charge in [0, 0.05) is 25.8 Å². The highest BCUT2D eigenvalue weighted by molar-refractivity contribution is 5.95. The minimum absolute atomic E-state index is 0.152. The number of carbonyl (C=O) groups is 3. The van der Waals surface area contributed by atoms with E-state index in [1.165, 1.54) is 17.0 Å². The summed E-state index contributed by atoms with van der Waals surface area (Å²) in [6.45, 7) is 6.83. The monoisotopic (exact) mass is 419 g/mol. The summed E-state index contributed by atoms with van der Waals surface area (Å²) in [5.74, 6) is -1.02. The first-order valence-electron chi connectivity index (χ1n) is 9.97. The van der Waals surface area contributed by atoms with Crippen LogP contribution < -0.4 is 4.90 Å². The molecule has 3 amide bonds. The highest BCUT2D eigenvalue weighted by atomic mass is 16.6. The molecule has 0 aromatic heterocycles. The fourth-order valence-electron chi connectivity index (χ4n) is 3.80. The zero-order chi connectivity index (χ0) is 22.1. The maximum Gasteiger partial charge on any atom is 0.410 e. The van der Waals surface area contributed by atoms with Crippen LogP contribution in [-0.2, 0) is 9.47 Å². The fourth-order valence-corrected chi connectivity index (χ4v) is 3.80. The van der Waals surface area contributed by atoms with Gasteiger partial charge in [-0.25, -0.2) is 14.4 Å². The van der Waals surface area contributed by atoms with Gasteiger partial charge in [0.05, 0.1) is 17.7 Å². The highest BCUT2D eigenvalue weighted by Gasteiger charge is 2.47. The van der Waals surface area contributed by atoms with E-state index in [0.717, 1.165) is 0 Å². The number of likely N-dealkylation sites (tertiary alicyclic amines) is 1. The lowest BCUT2D eigenvalue weighted by Crippen LogP contribution is -2.61. The van der Waals surface area contributed by atoms with Gasteiger partial charge in [0.1, 0.15) is 12.3 Å². The molecule has 164 valence electrons. The summed E-state index contributed by atoms with van der Waals surface area (Å²) in [6, 6.07) is 6.03. The third-order valence-corrected chi connectivity index (χ3v) is 5.37. The molecule has 9 nitrogen and oxygen atoms in total. The van der Waals surface area contributed by atoms with Crippen LogP contribution in [0.4, 0.5) is 15.3 Å². The normalized spacial score (nSPS) is 19.6. The number of piperidine rings is 1. The van der Waals surface area contributed by atoms with Crippen LogP contribution >= 0.6 is 0 Å². The van der Waals surface area contributed by atoms with E-state index in [2.05, 4.69) is 0 Å². The van der Waals surface area contributed by atoms with E-state index in [4.69, 9.17) is 9.47 Å². The van der Waals surface area contributed by atoms with Gasteiger partial charge >= 0.3 is 18.1 Å². The number of aromatic carboxylic acids is 1. The topological polar surface area (TPSA) is 99.6 Å². The Kier molecular flexibility index (Phi) is 5.94. The average molecular weight is 419 g/mol. The van der Waals surface area contributed by atoms with Gasteiger partial charge < -0.3 is 24.4 Å². The Balaban J connectivity index is 1.86. The van der Waals surface area contributed by atoms with Crippen LogP contribution in [0.25, 0.3) is 0 Å². The number of benzene rings is 1. The third-order valence-electron chi connectivity index (χ3n) is 5.37. The Morgan fingerprint density at radius 2 is 1.73 bits per heavy atom. The number of rotatable bonds is 2. The number of carbonyl (C=O) groups excluding carboxylic acids is 2. The molecule has 2 aliphatic rings. The minimum atomic E-state index is -1.02. The second-order valence-corrected chi connectivity index (χ2v) is 8.84. The van der Waals surface area contributed by atoms with E-state index in [0.29, 0.717) is 38.2 Å². The Hall–Kier alpha value is -2.81. The maximum atomic E-state index is 13.2. The molecule has 1 spiro atoms. The molecule has 0 bridgehead atoms. The van der Waals surface area contributed by atoms with Crippen LogP contribution in [0, 0.1) is 0 Å². The van der Waals surface area contributed by atoms with E-state index < -0.39 is 17.1 Å². The second kappa shape index (κ2) is 8.14. The molecular formula is C21H29N3O6. The summed E-state index contributed by atoms with van der Waals surface area (Å²) < 4.78 is 11.3. The zero-order valence-corrected chi connectivity index (χ0v) is 17.9. The number of hydrogen-bond acceptors (Lipinski definition) is 5. The number of nitrogens with zero attached hydrogens (tertiary/aromatic N) is 3. The predicted molar refractivity (Wildman–Crippen MR) is 110 cm³/mol. The summed E-state index contributed by atoms with van der Waals surface area (Å²) >= 11 is 0. The number of ether oxygens (including phenoxy) is 2. The molecule has 2 fully saturated rings. The standard InChI is InChI=1S/C21H29N3O6/c1-20(2,3)30-19(28)23-11-9-21(10-12-23)13-29-14-22(4)18(27)24(21)16-7-5-15(6-8-16)17(25)26/h5-8H,9-14H2,1-4H3,(H,25,26). The number of urea groups is 1. The van der Waals surface area contributed by atoms with Gasteiger partial charge in [-0.15, -0.1) is 0 Å². The lowest BCUT2D eigenvalue weighted by Gasteiger charge is -2.47. The first-order valence-corrected chi connectivity index (χ1v) is 9.97. The lowest BCUT2D eigenvalue weighted by atomic mass is 9.86. The molecule has 2 heterocycles. The van der Waals surface area contributed by atoms with Gasteiger partial charge in [-0.05, 0) is 57.9 Å². The number of amides is 3. The molecule has 9 heteroatoms. The summed E-state index contributed by atoms with van der Waals surface area (Å²) in [4.78, 5) is 41.7. The molecule has 2 aliphatic heterocycles. The first-order chi connectivity index (χ1) is 14.0. The Morgan fingerprint density at radius 1 is 1.13 bits per heavy atom. The quantitative estimate of drug-likeness (QED) is 0.791. The van der Waals surface area contributed by atoms with E-state index in [1.54, 1.807) is 29.0 Å². The Morgan fingerprint density at radius 3 is 2.27 bits per heavy atom.